The van der Waals surface area contributed by atoms with Crippen LogP contribution in [0.4, 0.5) is 0 Å². The van der Waals surface area contributed by atoms with Gasteiger partial charge in [-0.25, -0.2) is 4.98 Å². The van der Waals surface area contributed by atoms with Crippen LogP contribution >= 0.6 is 0 Å². The summed E-state index contributed by atoms with van der Waals surface area (Å²) in [5, 5.41) is 10.6. The third-order valence-electron chi connectivity index (χ3n) is 4.46. The van der Waals surface area contributed by atoms with Crippen molar-refractivity contribution < 1.29 is 19.3 Å². The van der Waals surface area contributed by atoms with Crippen LogP contribution in [0.5, 0.6) is 0 Å². The highest BCUT2D eigenvalue weighted by Crippen LogP contribution is 2.45. The maximum atomic E-state index is 10.6. The van der Waals surface area contributed by atoms with Gasteiger partial charge in [0.1, 0.15) is 18.5 Å². The Morgan fingerprint density at radius 3 is 3.20 bits per heavy atom. The van der Waals surface area contributed by atoms with E-state index in [9.17, 15) is 5.11 Å². The number of rotatable bonds is 0. The number of para-hydroxylation sites is 2. The molecule has 3 aliphatic rings. The molecule has 4 heterocycles. The van der Waals surface area contributed by atoms with Crippen molar-refractivity contribution >= 4 is 11.0 Å². The fourth-order valence-electron chi connectivity index (χ4n) is 3.53. The van der Waals surface area contributed by atoms with Gasteiger partial charge < -0.3 is 23.9 Å². The zero-order valence-electron chi connectivity index (χ0n) is 10.7. The molecule has 2 aromatic rings. The fraction of sp³-hybridized carbons (Fsp3) is 0.500. The summed E-state index contributed by atoms with van der Waals surface area (Å²) in [5.74, 6) is -0.539. The lowest BCUT2D eigenvalue weighted by Gasteiger charge is -2.38. The highest BCUT2D eigenvalue weighted by Gasteiger charge is 2.56. The van der Waals surface area contributed by atoms with Gasteiger partial charge in [0.2, 0.25) is 12.1 Å². The number of aromatic nitrogens is 2. The molecule has 0 saturated carbocycles. The summed E-state index contributed by atoms with van der Waals surface area (Å²) in [7, 11) is 0. The minimum absolute atomic E-state index is 0.0105. The molecule has 20 heavy (non-hydrogen) atoms. The van der Waals surface area contributed by atoms with Crippen molar-refractivity contribution in [3.8, 4) is 0 Å². The van der Waals surface area contributed by atoms with Crippen LogP contribution in [-0.2, 0) is 20.8 Å². The zero-order chi connectivity index (χ0) is 13.3. The summed E-state index contributed by atoms with van der Waals surface area (Å²) in [6.45, 7) is 0.741. The molecule has 1 N–H and O–H groups in total. The molecule has 1 aromatic heterocycles. The highest BCUT2D eigenvalue weighted by atomic mass is 16.8. The summed E-state index contributed by atoms with van der Waals surface area (Å²) in [5.41, 5.74) is 1.99. The summed E-state index contributed by atoms with van der Waals surface area (Å²) < 4.78 is 19.1. The molecule has 0 aliphatic carbocycles. The molecule has 0 radical (unpaired) electrons. The van der Waals surface area contributed by atoms with Crippen LogP contribution in [0.25, 0.3) is 11.0 Å². The van der Waals surface area contributed by atoms with Gasteiger partial charge >= 0.3 is 0 Å². The Kier molecular flexibility index (Phi) is 2.01. The second-order valence-electron chi connectivity index (χ2n) is 5.63. The van der Waals surface area contributed by atoms with Crippen molar-refractivity contribution in [1.82, 2.24) is 9.55 Å². The monoisotopic (exact) mass is 274 g/mol. The van der Waals surface area contributed by atoms with Gasteiger partial charge in [0.05, 0.1) is 23.7 Å². The molecule has 2 fully saturated rings. The summed E-state index contributed by atoms with van der Waals surface area (Å²) >= 11 is 0. The van der Waals surface area contributed by atoms with E-state index in [1.807, 2.05) is 24.3 Å². The number of hydrogen-bond acceptors (Lipinski definition) is 5. The number of imidazole rings is 1. The lowest BCUT2D eigenvalue weighted by atomic mass is 9.98. The molecule has 0 unspecified atom stereocenters. The fourth-order valence-corrected chi connectivity index (χ4v) is 3.53. The molecule has 104 valence electrons. The molecular formula is C14H14N2O4. The molecule has 0 amide bonds. The van der Waals surface area contributed by atoms with Gasteiger partial charge in [0.25, 0.3) is 0 Å². The molecule has 6 heteroatoms. The second kappa shape index (κ2) is 3.59. The first-order chi connectivity index (χ1) is 9.74. The Labute approximate surface area is 114 Å². The first kappa shape index (κ1) is 11.2. The van der Waals surface area contributed by atoms with Crippen LogP contribution in [-0.4, -0.2) is 39.4 Å². The molecule has 4 atom stereocenters. The molecule has 4 bridgehead atoms. The Hall–Kier alpha value is -1.47. The van der Waals surface area contributed by atoms with Crippen molar-refractivity contribution in [1.29, 1.82) is 0 Å². The van der Waals surface area contributed by atoms with Crippen LogP contribution < -0.4 is 0 Å². The summed E-state index contributed by atoms with van der Waals surface area (Å²) in [6.07, 6.45) is -0.270. The number of nitrogens with zero attached hydrogens (tertiary/aromatic N) is 2. The topological polar surface area (TPSA) is 65.7 Å². The largest absolute Gasteiger partial charge is 0.361 e. The standard InChI is InChI=1S/C14H14N2O4/c17-14-5-10(11-6-18-13(14)20-11)16-9-4-2-1-3-8(9)15-12(16)7-19-14/h1-4,10-11,13,17H,5-7H2/t10-,11+,13+,14-/m1/s1. The average molecular weight is 274 g/mol. The van der Waals surface area contributed by atoms with E-state index in [4.69, 9.17) is 14.2 Å². The lowest BCUT2D eigenvalue weighted by Crippen LogP contribution is -2.50. The molecule has 5 rings (SSSR count). The van der Waals surface area contributed by atoms with Gasteiger partial charge in [0, 0.05) is 6.42 Å². The van der Waals surface area contributed by atoms with Gasteiger partial charge in [-0.1, -0.05) is 12.1 Å². The van der Waals surface area contributed by atoms with Crippen LogP contribution in [0, 0.1) is 0 Å². The number of ether oxygens (including phenoxy) is 3. The van der Waals surface area contributed by atoms with Gasteiger partial charge in [0.15, 0.2) is 0 Å². The molecular weight excluding hydrogens is 260 g/mol. The van der Waals surface area contributed by atoms with Crippen molar-refractivity contribution in [3.63, 3.8) is 0 Å². The van der Waals surface area contributed by atoms with Gasteiger partial charge in [-0.2, -0.15) is 0 Å². The van der Waals surface area contributed by atoms with Gasteiger partial charge in [-0.05, 0) is 12.1 Å². The molecule has 3 aliphatic heterocycles. The zero-order valence-corrected chi connectivity index (χ0v) is 10.7. The van der Waals surface area contributed by atoms with E-state index < -0.39 is 12.1 Å². The number of hydrogen-bond donors (Lipinski definition) is 1. The average Bonchev–Trinajstić information content (AvgIpc) is 3.03. The summed E-state index contributed by atoms with van der Waals surface area (Å²) in [6, 6.07) is 7.98. The minimum atomic E-state index is -1.38. The Morgan fingerprint density at radius 1 is 1.35 bits per heavy atom. The van der Waals surface area contributed by atoms with Crippen molar-refractivity contribution in [3.05, 3.63) is 30.1 Å². The van der Waals surface area contributed by atoms with E-state index in [-0.39, 0.29) is 18.8 Å². The minimum Gasteiger partial charge on any atom is -0.361 e. The third kappa shape index (κ3) is 1.29. The molecule has 2 saturated heterocycles. The molecule has 6 nitrogen and oxygen atoms in total. The van der Waals surface area contributed by atoms with E-state index >= 15 is 0 Å². The van der Waals surface area contributed by atoms with E-state index in [1.54, 1.807) is 0 Å². The van der Waals surface area contributed by atoms with Crippen LogP contribution in [0.15, 0.2) is 24.3 Å². The van der Waals surface area contributed by atoms with Gasteiger partial charge in [-0.3, -0.25) is 0 Å². The van der Waals surface area contributed by atoms with E-state index in [0.717, 1.165) is 16.9 Å². The Balaban J connectivity index is 1.75. The maximum Gasteiger partial charge on any atom is 0.220 e. The van der Waals surface area contributed by atoms with E-state index in [1.165, 1.54) is 0 Å². The first-order valence-electron chi connectivity index (χ1n) is 6.84. The lowest BCUT2D eigenvalue weighted by molar-refractivity contribution is -0.334. The van der Waals surface area contributed by atoms with Gasteiger partial charge in [-0.15, -0.1) is 0 Å². The van der Waals surface area contributed by atoms with E-state index in [2.05, 4.69) is 9.55 Å². The quantitative estimate of drug-likeness (QED) is 0.774. The smallest absolute Gasteiger partial charge is 0.220 e. The van der Waals surface area contributed by atoms with Crippen molar-refractivity contribution in [2.75, 3.05) is 6.61 Å². The maximum absolute atomic E-state index is 10.6. The predicted octanol–water partition coefficient (Wildman–Crippen LogP) is 0.941. The second-order valence-corrected chi connectivity index (χ2v) is 5.63. The van der Waals surface area contributed by atoms with Crippen LogP contribution in [0.2, 0.25) is 0 Å². The van der Waals surface area contributed by atoms with Crippen molar-refractivity contribution in [2.24, 2.45) is 0 Å². The third-order valence-corrected chi connectivity index (χ3v) is 4.46. The normalized spacial score (nSPS) is 38.8. The number of benzene rings is 1. The Morgan fingerprint density at radius 2 is 2.25 bits per heavy atom. The van der Waals surface area contributed by atoms with E-state index in [0.29, 0.717) is 13.0 Å². The van der Waals surface area contributed by atoms with Crippen molar-refractivity contribution in [2.45, 2.75) is 37.3 Å². The number of aliphatic hydroxyl groups is 1. The number of fused-ring (bicyclic) bond motifs is 10. The Bertz CT molecular complexity index is 700. The predicted molar refractivity (Wildman–Crippen MR) is 67.7 cm³/mol. The van der Waals surface area contributed by atoms with Crippen LogP contribution in [0.1, 0.15) is 18.3 Å². The molecule has 0 spiro atoms. The molecule has 1 aromatic carbocycles. The summed E-state index contributed by atoms with van der Waals surface area (Å²) in [4.78, 5) is 4.62. The highest BCUT2D eigenvalue weighted by molar-refractivity contribution is 5.76. The first-order valence-corrected chi connectivity index (χ1v) is 6.84. The SMILES string of the molecule is O[C@@]12C[C@H]([C@@H]3CO[C@H]1O3)n1c(nc3ccccc31)CO2. The van der Waals surface area contributed by atoms with Crippen LogP contribution in [0.3, 0.4) is 0 Å².